The minimum atomic E-state index is 0.0364. The number of benzene rings is 1. The van der Waals surface area contributed by atoms with Gasteiger partial charge in [0.25, 0.3) is 5.91 Å². The van der Waals surface area contributed by atoms with Gasteiger partial charge in [-0.1, -0.05) is 0 Å². The van der Waals surface area contributed by atoms with Crippen LogP contribution in [0.15, 0.2) is 36.5 Å². The summed E-state index contributed by atoms with van der Waals surface area (Å²) >= 11 is 0. The van der Waals surface area contributed by atoms with Crippen LogP contribution in [0.3, 0.4) is 0 Å². The fourth-order valence-corrected chi connectivity index (χ4v) is 7.67. The maximum atomic E-state index is 13.8. The van der Waals surface area contributed by atoms with Crippen LogP contribution in [0, 0.1) is 17.8 Å². The Morgan fingerprint density at radius 1 is 1.05 bits per heavy atom. The Morgan fingerprint density at radius 2 is 1.85 bits per heavy atom. The summed E-state index contributed by atoms with van der Waals surface area (Å²) in [5.74, 6) is 3.31. The van der Waals surface area contributed by atoms with Gasteiger partial charge in [0.15, 0.2) is 5.82 Å². The monoisotopic (exact) mass is 553 g/mol. The number of amides is 1. The van der Waals surface area contributed by atoms with E-state index in [9.17, 15) is 4.79 Å². The van der Waals surface area contributed by atoms with Crippen LogP contribution < -0.4 is 15.8 Å². The number of pyridine rings is 1. The molecule has 3 aromatic heterocycles. The highest BCUT2D eigenvalue weighted by Gasteiger charge is 2.47. The molecule has 9 nitrogen and oxygen atoms in total. The van der Waals surface area contributed by atoms with Crippen LogP contribution >= 0.6 is 0 Å². The Bertz CT molecular complexity index is 1630. The summed E-state index contributed by atoms with van der Waals surface area (Å²) in [5.41, 5.74) is 11.0. The van der Waals surface area contributed by atoms with Crippen molar-refractivity contribution >= 4 is 28.0 Å². The lowest BCUT2D eigenvalue weighted by molar-refractivity contribution is 0.0700. The van der Waals surface area contributed by atoms with Gasteiger partial charge in [0, 0.05) is 48.9 Å². The molecule has 0 radical (unpaired) electrons. The van der Waals surface area contributed by atoms with Crippen molar-refractivity contribution in [3.05, 3.63) is 42.1 Å². The number of rotatable bonds is 7. The molecule has 1 aromatic carbocycles. The van der Waals surface area contributed by atoms with E-state index in [2.05, 4.69) is 26.6 Å². The Hall–Kier alpha value is -3.43. The van der Waals surface area contributed by atoms with Crippen molar-refractivity contribution in [2.75, 3.05) is 26.7 Å². The van der Waals surface area contributed by atoms with E-state index in [4.69, 9.17) is 20.4 Å². The molecule has 0 spiro atoms. The van der Waals surface area contributed by atoms with Crippen molar-refractivity contribution in [2.45, 2.75) is 63.7 Å². The second-order valence-electron chi connectivity index (χ2n) is 12.7. The molecule has 5 heterocycles. The van der Waals surface area contributed by atoms with Crippen LogP contribution in [-0.4, -0.2) is 68.7 Å². The van der Waals surface area contributed by atoms with Gasteiger partial charge >= 0.3 is 0 Å². The maximum Gasteiger partial charge on any atom is 0.254 e. The largest absolute Gasteiger partial charge is 0.494 e. The van der Waals surface area contributed by atoms with E-state index in [1.165, 1.54) is 12.8 Å². The molecule has 1 amide bonds. The standard InChI is InChI=1S/C32H39N7O2/c1-41-27-15-23(32(40)38-18-22-6-7-25(38)28(22)33)13-24-29(27)39(17-20-8-11-34-12-9-20)31(36-24)26-14-21-3-2-10-35-30(21)37(26)16-19-4-5-19/h2-3,10,13-15,19-20,22,25,28,34H,4-9,11-12,16-18,33H2,1H3/t22?,25?,28-/m1/s1. The molecule has 2 saturated heterocycles. The minimum absolute atomic E-state index is 0.0364. The van der Waals surface area contributed by atoms with Gasteiger partial charge in [-0.3, -0.25) is 4.79 Å². The van der Waals surface area contributed by atoms with Crippen LogP contribution in [0.25, 0.3) is 33.6 Å². The number of hydrogen-bond acceptors (Lipinski definition) is 6. The number of piperidine rings is 2. The number of nitrogens with one attached hydrogen (secondary N) is 1. The first kappa shape index (κ1) is 25.3. The highest BCUT2D eigenvalue weighted by molar-refractivity contribution is 6.00. The number of hydrogen-bond donors (Lipinski definition) is 2. The van der Waals surface area contributed by atoms with Gasteiger partial charge in [0.1, 0.15) is 16.9 Å². The summed E-state index contributed by atoms with van der Waals surface area (Å²) in [6.07, 6.45) is 8.77. The van der Waals surface area contributed by atoms with Crippen LogP contribution in [0.4, 0.5) is 0 Å². The van der Waals surface area contributed by atoms with Crippen molar-refractivity contribution in [3.63, 3.8) is 0 Å². The molecule has 4 fully saturated rings. The molecule has 214 valence electrons. The van der Waals surface area contributed by atoms with E-state index in [1.54, 1.807) is 7.11 Å². The number of imidazole rings is 1. The van der Waals surface area contributed by atoms with Gasteiger partial charge in [-0.05, 0) is 99.7 Å². The summed E-state index contributed by atoms with van der Waals surface area (Å²) in [6.45, 7) is 4.63. The number of nitrogens with zero attached hydrogens (tertiary/aromatic N) is 5. The SMILES string of the molecule is COc1cc(C(=O)N2CC3CCC2[C@@H]3N)cc2nc(-c3cc4cccnc4n3CC3CC3)n(CC3CCNCC3)c12. The molecule has 2 bridgehead atoms. The molecule has 2 aliphatic carbocycles. The fourth-order valence-electron chi connectivity index (χ4n) is 7.67. The molecule has 2 saturated carbocycles. The van der Waals surface area contributed by atoms with Crippen molar-refractivity contribution < 1.29 is 9.53 Å². The molecule has 4 aromatic rings. The van der Waals surface area contributed by atoms with Crippen LogP contribution in [0.1, 0.15) is 48.9 Å². The second-order valence-corrected chi connectivity index (χ2v) is 12.7. The summed E-state index contributed by atoms with van der Waals surface area (Å²) in [5, 5.41) is 4.64. The van der Waals surface area contributed by atoms with E-state index in [0.29, 0.717) is 29.1 Å². The topological polar surface area (TPSA) is 103 Å². The average Bonchev–Trinajstić information content (AvgIpc) is 3.37. The third-order valence-corrected chi connectivity index (χ3v) is 10.1. The summed E-state index contributed by atoms with van der Waals surface area (Å²) in [6, 6.07) is 10.5. The summed E-state index contributed by atoms with van der Waals surface area (Å²) < 4.78 is 10.8. The van der Waals surface area contributed by atoms with Gasteiger partial charge in [0.2, 0.25) is 0 Å². The number of nitrogens with two attached hydrogens (primary N) is 1. The molecule has 3 atom stereocenters. The molecular formula is C32H39N7O2. The van der Waals surface area contributed by atoms with E-state index in [1.807, 2.05) is 29.3 Å². The summed E-state index contributed by atoms with van der Waals surface area (Å²) in [7, 11) is 1.70. The number of methoxy groups -OCH3 is 1. The van der Waals surface area contributed by atoms with E-state index < -0.39 is 0 Å². The van der Waals surface area contributed by atoms with Crippen LogP contribution in [0.2, 0.25) is 0 Å². The predicted molar refractivity (Wildman–Crippen MR) is 159 cm³/mol. The average molecular weight is 554 g/mol. The van der Waals surface area contributed by atoms with Crippen LogP contribution in [0.5, 0.6) is 5.75 Å². The first-order valence-electron chi connectivity index (χ1n) is 15.4. The third-order valence-electron chi connectivity index (χ3n) is 10.1. The smallest absolute Gasteiger partial charge is 0.254 e. The quantitative estimate of drug-likeness (QED) is 0.358. The lowest BCUT2D eigenvalue weighted by atomic mass is 9.98. The van der Waals surface area contributed by atoms with E-state index in [0.717, 1.165) is 92.0 Å². The molecule has 2 aliphatic heterocycles. The molecule has 8 rings (SSSR count). The Kier molecular flexibility index (Phi) is 6.07. The second kappa shape index (κ2) is 9.84. The first-order chi connectivity index (χ1) is 20.1. The third kappa shape index (κ3) is 4.24. The van der Waals surface area contributed by atoms with Crippen molar-refractivity contribution in [1.29, 1.82) is 0 Å². The highest BCUT2D eigenvalue weighted by atomic mass is 16.5. The highest BCUT2D eigenvalue weighted by Crippen LogP contribution is 2.40. The van der Waals surface area contributed by atoms with Gasteiger partial charge in [0.05, 0.1) is 18.3 Å². The Labute approximate surface area is 240 Å². The minimum Gasteiger partial charge on any atom is -0.494 e. The number of likely N-dealkylation sites (tertiary alicyclic amines) is 1. The number of carbonyl (C=O) groups is 1. The van der Waals surface area contributed by atoms with Gasteiger partial charge in [-0.2, -0.15) is 0 Å². The number of ether oxygens (including phenoxy) is 1. The molecule has 9 heteroatoms. The molecule has 2 unspecified atom stereocenters. The van der Waals surface area contributed by atoms with E-state index >= 15 is 0 Å². The predicted octanol–water partition coefficient (Wildman–Crippen LogP) is 4.03. The molecule has 41 heavy (non-hydrogen) atoms. The lowest BCUT2D eigenvalue weighted by Gasteiger charge is -2.27. The molecule has 3 N–H and O–H groups in total. The van der Waals surface area contributed by atoms with E-state index in [-0.39, 0.29) is 18.0 Å². The van der Waals surface area contributed by atoms with Gasteiger partial charge in [-0.15, -0.1) is 0 Å². The molecule has 4 aliphatic rings. The Balaban J connectivity index is 1.28. The normalized spacial score (nSPS) is 24.6. The van der Waals surface area contributed by atoms with Crippen molar-refractivity contribution in [3.8, 4) is 17.3 Å². The zero-order valence-corrected chi connectivity index (χ0v) is 23.8. The molecular weight excluding hydrogens is 514 g/mol. The summed E-state index contributed by atoms with van der Waals surface area (Å²) in [4.78, 5) is 25.9. The van der Waals surface area contributed by atoms with Crippen LogP contribution in [-0.2, 0) is 13.1 Å². The first-order valence-corrected chi connectivity index (χ1v) is 15.4. The zero-order valence-electron chi connectivity index (χ0n) is 23.8. The fraction of sp³-hybridized carbons (Fsp3) is 0.531. The zero-order chi connectivity index (χ0) is 27.7. The lowest BCUT2D eigenvalue weighted by Crippen LogP contribution is -2.41. The maximum absolute atomic E-state index is 13.8. The van der Waals surface area contributed by atoms with Crippen molar-refractivity contribution in [2.24, 2.45) is 23.5 Å². The number of aromatic nitrogens is 4. The number of fused-ring (bicyclic) bond motifs is 4. The number of carbonyl (C=O) groups excluding carboxylic acids is 1. The van der Waals surface area contributed by atoms with Gasteiger partial charge < -0.3 is 29.8 Å². The Morgan fingerprint density at radius 3 is 2.59 bits per heavy atom. The van der Waals surface area contributed by atoms with Gasteiger partial charge in [-0.25, -0.2) is 9.97 Å². The van der Waals surface area contributed by atoms with Crippen molar-refractivity contribution in [1.82, 2.24) is 29.3 Å².